The van der Waals surface area contributed by atoms with E-state index in [0.29, 0.717) is 17.1 Å². The topological polar surface area (TPSA) is 137 Å². The third-order valence-electron chi connectivity index (χ3n) is 8.99. The summed E-state index contributed by atoms with van der Waals surface area (Å²) in [4.78, 5) is 27.6. The molecule has 0 saturated heterocycles. The van der Waals surface area contributed by atoms with E-state index >= 15 is 0 Å². The first kappa shape index (κ1) is 42.4. The van der Waals surface area contributed by atoms with Crippen LogP contribution >= 0.6 is 8.53 Å². The molecule has 0 saturated carbocycles. The van der Waals surface area contributed by atoms with Crippen molar-refractivity contribution >= 4 is 8.53 Å². The molecular formula is C41H53N4O8P. The van der Waals surface area contributed by atoms with Gasteiger partial charge in [0.05, 0.1) is 46.0 Å². The molecule has 13 heteroatoms. The number of hydrogen-bond acceptors (Lipinski definition) is 10. The van der Waals surface area contributed by atoms with Crippen LogP contribution in [-0.2, 0) is 24.1 Å². The third-order valence-corrected chi connectivity index (χ3v) is 11.2. The Kier molecular flexibility index (Phi) is 15.6. The Balaban J connectivity index is 1.85. The van der Waals surface area contributed by atoms with Crippen molar-refractivity contribution in [2.75, 3.05) is 27.4 Å². The SMILES string of the molecule is COc1ccc(C(OCC(OC(C)n2cc(C)c(=O)[nH]c2=O)C(C)OP(OCCC#N)N(C(C)C)C(C)C)(c2ccccc2)c2ccc(OC)cc2)cc1. The minimum atomic E-state index is -1.66. The second-order valence-corrected chi connectivity index (χ2v) is 14.8. The lowest BCUT2D eigenvalue weighted by molar-refractivity contribution is -0.138. The summed E-state index contributed by atoms with van der Waals surface area (Å²) >= 11 is 0. The van der Waals surface area contributed by atoms with Crippen LogP contribution < -0.4 is 20.7 Å². The molecule has 4 rings (SSSR count). The Morgan fingerprint density at radius 1 is 0.833 bits per heavy atom. The van der Waals surface area contributed by atoms with E-state index in [-0.39, 0.29) is 31.7 Å². The number of methoxy groups -OCH3 is 2. The average Bonchev–Trinajstić information content (AvgIpc) is 3.16. The monoisotopic (exact) mass is 760 g/mol. The summed E-state index contributed by atoms with van der Waals surface area (Å²) in [5.41, 5.74) is 0.666. The second kappa shape index (κ2) is 19.8. The van der Waals surface area contributed by atoms with Gasteiger partial charge in [-0.1, -0.05) is 54.6 Å². The minimum absolute atomic E-state index is 0.0136. The number of aromatic nitrogens is 2. The van der Waals surface area contributed by atoms with Crippen molar-refractivity contribution in [1.82, 2.24) is 14.2 Å². The van der Waals surface area contributed by atoms with Crippen molar-refractivity contribution in [3.8, 4) is 17.6 Å². The highest BCUT2D eigenvalue weighted by Crippen LogP contribution is 2.48. The van der Waals surface area contributed by atoms with Gasteiger partial charge in [0.15, 0.2) is 0 Å². The third kappa shape index (κ3) is 10.2. The van der Waals surface area contributed by atoms with Gasteiger partial charge in [-0.05, 0) is 89.4 Å². The molecule has 0 spiro atoms. The van der Waals surface area contributed by atoms with Gasteiger partial charge in [-0.2, -0.15) is 5.26 Å². The average molecular weight is 761 g/mol. The molecule has 12 nitrogen and oxygen atoms in total. The van der Waals surface area contributed by atoms with Crippen LogP contribution in [0.15, 0.2) is 94.6 Å². The Morgan fingerprint density at radius 2 is 1.37 bits per heavy atom. The van der Waals surface area contributed by atoms with Crippen molar-refractivity contribution in [3.05, 3.63) is 128 Å². The Bertz CT molecular complexity index is 1850. The summed E-state index contributed by atoms with van der Waals surface area (Å²) in [7, 11) is 1.59. The molecule has 0 amide bonds. The number of H-pyrrole nitrogens is 1. The first-order chi connectivity index (χ1) is 25.9. The van der Waals surface area contributed by atoms with Crippen LogP contribution in [0.3, 0.4) is 0 Å². The zero-order valence-electron chi connectivity index (χ0n) is 32.6. The highest BCUT2D eigenvalue weighted by Gasteiger charge is 2.40. The summed E-state index contributed by atoms with van der Waals surface area (Å²) < 4.78 is 41.5. The molecule has 0 bridgehead atoms. The summed E-state index contributed by atoms with van der Waals surface area (Å²) in [6, 6.07) is 27.7. The Labute approximate surface area is 319 Å². The van der Waals surface area contributed by atoms with Gasteiger partial charge in [0.2, 0.25) is 0 Å². The van der Waals surface area contributed by atoms with Gasteiger partial charge in [-0.15, -0.1) is 0 Å². The van der Waals surface area contributed by atoms with Gasteiger partial charge >= 0.3 is 5.69 Å². The van der Waals surface area contributed by atoms with Crippen LogP contribution in [0.2, 0.25) is 0 Å². The fraction of sp³-hybridized carbons (Fsp3) is 0.439. The Morgan fingerprint density at radius 3 is 1.87 bits per heavy atom. The molecule has 0 aliphatic rings. The van der Waals surface area contributed by atoms with Crippen molar-refractivity contribution in [1.29, 1.82) is 5.26 Å². The molecule has 4 atom stereocenters. The van der Waals surface area contributed by atoms with Crippen LogP contribution in [0.5, 0.6) is 11.5 Å². The van der Waals surface area contributed by atoms with Gasteiger partial charge in [-0.25, -0.2) is 9.46 Å². The minimum Gasteiger partial charge on any atom is -0.497 e. The van der Waals surface area contributed by atoms with Gasteiger partial charge in [0, 0.05) is 23.8 Å². The number of nitrogens with zero attached hydrogens (tertiary/aromatic N) is 3. The van der Waals surface area contributed by atoms with Crippen LogP contribution in [0.4, 0.5) is 0 Å². The lowest BCUT2D eigenvalue weighted by Gasteiger charge is -2.40. The van der Waals surface area contributed by atoms with Crippen molar-refractivity contribution in [2.24, 2.45) is 0 Å². The van der Waals surface area contributed by atoms with E-state index < -0.39 is 43.8 Å². The van der Waals surface area contributed by atoms with Gasteiger partial charge in [-0.3, -0.25) is 14.3 Å². The lowest BCUT2D eigenvalue weighted by atomic mass is 9.80. The maximum atomic E-state index is 13.0. The van der Waals surface area contributed by atoms with Gasteiger partial charge in [0.1, 0.15) is 29.4 Å². The molecule has 4 unspecified atom stereocenters. The van der Waals surface area contributed by atoms with E-state index in [1.54, 1.807) is 28.1 Å². The van der Waals surface area contributed by atoms with E-state index in [1.807, 2.05) is 85.8 Å². The number of ether oxygens (including phenoxy) is 4. The number of hydrogen-bond donors (Lipinski definition) is 1. The second-order valence-electron chi connectivity index (χ2n) is 13.4. The van der Waals surface area contributed by atoms with Crippen LogP contribution in [0, 0.1) is 18.3 Å². The lowest BCUT2D eigenvalue weighted by Crippen LogP contribution is -2.43. The summed E-state index contributed by atoms with van der Waals surface area (Å²) in [6.07, 6.45) is -0.587. The normalized spacial score (nSPS) is 14.1. The number of aromatic amines is 1. The van der Waals surface area contributed by atoms with Gasteiger partial charge < -0.3 is 28.0 Å². The quantitative estimate of drug-likeness (QED) is 0.0549. The fourth-order valence-corrected chi connectivity index (χ4v) is 7.97. The summed E-state index contributed by atoms with van der Waals surface area (Å²) in [5, 5.41) is 9.28. The molecule has 0 radical (unpaired) electrons. The molecule has 1 N–H and O–H groups in total. The zero-order valence-corrected chi connectivity index (χ0v) is 33.5. The van der Waals surface area contributed by atoms with E-state index in [2.05, 4.69) is 43.4 Å². The smallest absolute Gasteiger partial charge is 0.330 e. The molecule has 290 valence electrons. The van der Waals surface area contributed by atoms with Crippen molar-refractivity contribution in [3.63, 3.8) is 0 Å². The van der Waals surface area contributed by atoms with Crippen LogP contribution in [0.25, 0.3) is 0 Å². The Hall–Kier alpha value is -4.34. The van der Waals surface area contributed by atoms with E-state index in [1.165, 1.54) is 10.8 Å². The molecule has 0 fully saturated rings. The molecule has 1 aromatic heterocycles. The standard InChI is InChI=1S/C41H53N4O8P/c1-28(2)45(29(3)4)54(51-25-13-24-42)53-31(6)38(52-32(7)44-26-30(5)39(46)43-40(44)47)27-50-41(33-14-11-10-12-15-33,34-16-20-36(48-8)21-17-34)35-18-22-37(49-9)23-19-35/h10-12,14-23,26,28-29,31-32,38H,13,25,27H2,1-9H3,(H,43,46,47). The van der Waals surface area contributed by atoms with E-state index in [9.17, 15) is 14.9 Å². The largest absolute Gasteiger partial charge is 0.497 e. The predicted molar refractivity (Wildman–Crippen MR) is 210 cm³/mol. The molecule has 0 aliphatic carbocycles. The van der Waals surface area contributed by atoms with Crippen LogP contribution in [-0.4, -0.2) is 65.9 Å². The summed E-state index contributed by atoms with van der Waals surface area (Å²) in [6.45, 7) is 13.7. The molecule has 4 aromatic rings. The maximum absolute atomic E-state index is 13.0. The van der Waals surface area contributed by atoms with E-state index in [4.69, 9.17) is 28.0 Å². The number of aryl methyl sites for hydroxylation is 1. The fourth-order valence-electron chi connectivity index (χ4n) is 6.25. The maximum Gasteiger partial charge on any atom is 0.330 e. The molecule has 54 heavy (non-hydrogen) atoms. The molecule has 1 heterocycles. The predicted octanol–water partition coefficient (Wildman–Crippen LogP) is 7.46. The van der Waals surface area contributed by atoms with E-state index in [0.717, 1.165) is 16.7 Å². The zero-order chi connectivity index (χ0) is 39.4. The highest BCUT2D eigenvalue weighted by molar-refractivity contribution is 7.44. The first-order valence-electron chi connectivity index (χ1n) is 18.1. The number of nitriles is 1. The molecule has 3 aromatic carbocycles. The summed E-state index contributed by atoms with van der Waals surface area (Å²) in [5.74, 6) is 1.39. The first-order valence-corrected chi connectivity index (χ1v) is 19.2. The highest BCUT2D eigenvalue weighted by atomic mass is 31.2. The number of rotatable bonds is 20. The van der Waals surface area contributed by atoms with Gasteiger partial charge in [0.25, 0.3) is 14.1 Å². The van der Waals surface area contributed by atoms with Crippen molar-refractivity contribution < 1.29 is 28.0 Å². The molecular weight excluding hydrogens is 707 g/mol. The number of benzene rings is 3. The van der Waals surface area contributed by atoms with Crippen LogP contribution in [0.1, 0.15) is 76.4 Å². The van der Waals surface area contributed by atoms with Crippen molar-refractivity contribution in [2.45, 2.75) is 91.0 Å². The number of nitrogens with one attached hydrogen (secondary N) is 1. The molecule has 0 aliphatic heterocycles.